The van der Waals surface area contributed by atoms with Gasteiger partial charge in [-0.1, -0.05) is 6.07 Å². The number of amides is 2. The molecular weight excluding hydrogens is 340 g/mol. The molecule has 1 fully saturated rings. The van der Waals surface area contributed by atoms with E-state index in [1.165, 1.54) is 11.0 Å². The van der Waals surface area contributed by atoms with Crippen molar-refractivity contribution in [1.29, 1.82) is 0 Å². The molecule has 1 saturated heterocycles. The number of likely N-dealkylation sites (tertiary alicyclic amines) is 1. The van der Waals surface area contributed by atoms with E-state index in [1.54, 1.807) is 24.3 Å². The van der Waals surface area contributed by atoms with Crippen molar-refractivity contribution in [3.05, 3.63) is 29.8 Å². The van der Waals surface area contributed by atoms with Crippen molar-refractivity contribution < 1.29 is 28.6 Å². The van der Waals surface area contributed by atoms with Crippen LogP contribution in [0.1, 0.15) is 24.8 Å². The van der Waals surface area contributed by atoms with E-state index in [9.17, 15) is 14.4 Å². The number of ether oxygens (including phenoxy) is 3. The molecule has 2 aliphatic heterocycles. The third kappa shape index (κ3) is 4.14. The highest BCUT2D eigenvalue weighted by Gasteiger charge is 2.30. The van der Waals surface area contributed by atoms with Crippen LogP contribution in [0.4, 0.5) is 0 Å². The van der Waals surface area contributed by atoms with Gasteiger partial charge in [-0.3, -0.25) is 9.59 Å². The highest BCUT2D eigenvalue weighted by molar-refractivity contribution is 5.91. The summed E-state index contributed by atoms with van der Waals surface area (Å²) in [6, 6.07) is 4.63. The molecule has 0 aliphatic carbocycles. The van der Waals surface area contributed by atoms with Crippen LogP contribution < -0.4 is 15.2 Å². The standard InChI is InChI=1S/C18H20N2O6/c19-18(23)13-3-1-2-8-20(13)16(21)10-24-17(22)7-5-12-4-6-14-15(9-12)26-11-25-14/h4-7,9,13H,1-3,8,10-11H2,(H2,19,23)/b7-5+/t13-/m0/s1. The number of rotatable bonds is 5. The van der Waals surface area contributed by atoms with E-state index in [4.69, 9.17) is 19.9 Å². The summed E-state index contributed by atoms with van der Waals surface area (Å²) in [6.07, 6.45) is 4.97. The molecule has 26 heavy (non-hydrogen) atoms. The van der Waals surface area contributed by atoms with Crippen LogP contribution in [0.25, 0.3) is 6.08 Å². The molecule has 0 radical (unpaired) electrons. The molecule has 0 unspecified atom stereocenters. The zero-order valence-electron chi connectivity index (χ0n) is 14.2. The molecule has 2 N–H and O–H groups in total. The number of esters is 1. The summed E-state index contributed by atoms with van der Waals surface area (Å²) in [5.74, 6) is -0.340. The average molecular weight is 360 g/mol. The highest BCUT2D eigenvalue weighted by atomic mass is 16.7. The number of fused-ring (bicyclic) bond motifs is 1. The third-order valence-corrected chi connectivity index (χ3v) is 4.30. The van der Waals surface area contributed by atoms with Crippen LogP contribution in [0.5, 0.6) is 11.5 Å². The average Bonchev–Trinajstić information content (AvgIpc) is 3.12. The molecule has 2 amide bonds. The number of nitrogens with zero attached hydrogens (tertiary/aromatic N) is 1. The van der Waals surface area contributed by atoms with Gasteiger partial charge in [0, 0.05) is 12.6 Å². The van der Waals surface area contributed by atoms with Gasteiger partial charge in [-0.2, -0.15) is 0 Å². The maximum atomic E-state index is 12.2. The predicted molar refractivity (Wildman–Crippen MR) is 91.1 cm³/mol. The molecule has 0 saturated carbocycles. The number of carbonyl (C=O) groups excluding carboxylic acids is 3. The number of hydrogen-bond donors (Lipinski definition) is 1. The van der Waals surface area contributed by atoms with Crippen molar-refractivity contribution in [2.45, 2.75) is 25.3 Å². The van der Waals surface area contributed by atoms with Crippen molar-refractivity contribution in [2.75, 3.05) is 19.9 Å². The number of hydrogen-bond acceptors (Lipinski definition) is 6. The van der Waals surface area contributed by atoms with E-state index in [1.807, 2.05) is 0 Å². The second-order valence-electron chi connectivity index (χ2n) is 6.05. The SMILES string of the molecule is NC(=O)[C@@H]1CCCCN1C(=O)COC(=O)/C=C/c1ccc2c(c1)OCO2. The van der Waals surface area contributed by atoms with Crippen LogP contribution in [-0.4, -0.2) is 48.7 Å². The summed E-state index contributed by atoms with van der Waals surface area (Å²) < 4.78 is 15.4. The first kappa shape index (κ1) is 17.8. The van der Waals surface area contributed by atoms with Crippen LogP contribution >= 0.6 is 0 Å². The van der Waals surface area contributed by atoms with Crippen LogP contribution in [0.3, 0.4) is 0 Å². The number of nitrogens with two attached hydrogens (primary N) is 1. The molecule has 8 heteroatoms. The van der Waals surface area contributed by atoms with Crippen molar-refractivity contribution >= 4 is 23.9 Å². The van der Waals surface area contributed by atoms with Gasteiger partial charge in [0.25, 0.3) is 5.91 Å². The quantitative estimate of drug-likeness (QED) is 0.616. The summed E-state index contributed by atoms with van der Waals surface area (Å²) in [6.45, 7) is 0.195. The lowest BCUT2D eigenvalue weighted by molar-refractivity contribution is -0.151. The Kier molecular flexibility index (Phi) is 5.40. The maximum Gasteiger partial charge on any atom is 0.331 e. The minimum Gasteiger partial charge on any atom is -0.454 e. The fourth-order valence-electron chi connectivity index (χ4n) is 2.97. The first-order valence-corrected chi connectivity index (χ1v) is 8.38. The van der Waals surface area contributed by atoms with Gasteiger partial charge >= 0.3 is 5.97 Å². The predicted octanol–water partition coefficient (Wildman–Crippen LogP) is 0.838. The first-order chi connectivity index (χ1) is 12.5. The molecule has 0 aromatic heterocycles. The van der Waals surface area contributed by atoms with E-state index in [0.717, 1.165) is 18.4 Å². The lowest BCUT2D eigenvalue weighted by atomic mass is 10.0. The molecule has 0 bridgehead atoms. The topological polar surface area (TPSA) is 108 Å². The molecule has 2 heterocycles. The summed E-state index contributed by atoms with van der Waals surface area (Å²) in [5, 5.41) is 0. The Bertz CT molecular complexity index is 745. The van der Waals surface area contributed by atoms with Gasteiger partial charge in [-0.05, 0) is 43.0 Å². The number of primary amides is 1. The monoisotopic (exact) mass is 360 g/mol. The molecular formula is C18H20N2O6. The maximum absolute atomic E-state index is 12.2. The second-order valence-corrected chi connectivity index (χ2v) is 6.05. The van der Waals surface area contributed by atoms with Crippen LogP contribution in [0.15, 0.2) is 24.3 Å². The smallest absolute Gasteiger partial charge is 0.331 e. The van der Waals surface area contributed by atoms with Gasteiger partial charge in [-0.25, -0.2) is 4.79 Å². The third-order valence-electron chi connectivity index (χ3n) is 4.30. The van der Waals surface area contributed by atoms with Crippen LogP contribution in [-0.2, 0) is 19.1 Å². The van der Waals surface area contributed by atoms with Gasteiger partial charge in [0.2, 0.25) is 12.7 Å². The van der Waals surface area contributed by atoms with Gasteiger partial charge in [-0.15, -0.1) is 0 Å². The molecule has 138 valence electrons. The molecule has 8 nitrogen and oxygen atoms in total. The van der Waals surface area contributed by atoms with Gasteiger partial charge in [0.15, 0.2) is 18.1 Å². The Balaban J connectivity index is 1.51. The van der Waals surface area contributed by atoms with Crippen molar-refractivity contribution in [3.63, 3.8) is 0 Å². The van der Waals surface area contributed by atoms with E-state index in [-0.39, 0.29) is 6.79 Å². The van der Waals surface area contributed by atoms with E-state index >= 15 is 0 Å². The summed E-state index contributed by atoms with van der Waals surface area (Å²) in [4.78, 5) is 36.9. The minimum absolute atomic E-state index is 0.176. The minimum atomic E-state index is -0.649. The van der Waals surface area contributed by atoms with Gasteiger partial charge in [0.1, 0.15) is 6.04 Å². The normalized spacial score (nSPS) is 18.8. The van der Waals surface area contributed by atoms with Crippen molar-refractivity contribution in [2.24, 2.45) is 5.73 Å². The fourth-order valence-corrected chi connectivity index (χ4v) is 2.97. The number of benzene rings is 1. The van der Waals surface area contributed by atoms with Crippen molar-refractivity contribution in [1.82, 2.24) is 4.90 Å². The highest BCUT2D eigenvalue weighted by Crippen LogP contribution is 2.32. The molecule has 3 rings (SSSR count). The van der Waals surface area contributed by atoms with E-state index in [2.05, 4.69) is 0 Å². The van der Waals surface area contributed by atoms with Crippen LogP contribution in [0.2, 0.25) is 0 Å². The Morgan fingerprint density at radius 1 is 1.23 bits per heavy atom. The lowest BCUT2D eigenvalue weighted by Crippen LogP contribution is -2.51. The van der Waals surface area contributed by atoms with Crippen molar-refractivity contribution in [3.8, 4) is 11.5 Å². The van der Waals surface area contributed by atoms with Crippen LogP contribution in [0, 0.1) is 0 Å². The molecule has 2 aliphatic rings. The van der Waals surface area contributed by atoms with E-state index < -0.39 is 30.4 Å². The summed E-state index contributed by atoms with van der Waals surface area (Å²) >= 11 is 0. The Hall–Kier alpha value is -3.03. The van der Waals surface area contributed by atoms with Gasteiger partial charge in [0.05, 0.1) is 0 Å². The van der Waals surface area contributed by atoms with E-state index in [0.29, 0.717) is 24.5 Å². The first-order valence-electron chi connectivity index (χ1n) is 8.38. The number of piperidine rings is 1. The zero-order valence-corrected chi connectivity index (χ0v) is 14.2. The Morgan fingerprint density at radius 3 is 2.85 bits per heavy atom. The molecule has 1 aromatic carbocycles. The molecule has 1 aromatic rings. The molecule has 1 atom stereocenters. The molecule has 0 spiro atoms. The lowest BCUT2D eigenvalue weighted by Gasteiger charge is -2.33. The zero-order chi connectivity index (χ0) is 18.5. The number of carbonyl (C=O) groups is 3. The Morgan fingerprint density at radius 2 is 2.04 bits per heavy atom. The largest absolute Gasteiger partial charge is 0.454 e. The fraction of sp³-hybridized carbons (Fsp3) is 0.389. The van der Waals surface area contributed by atoms with Gasteiger partial charge < -0.3 is 24.8 Å². The summed E-state index contributed by atoms with van der Waals surface area (Å²) in [5.41, 5.74) is 6.07. The summed E-state index contributed by atoms with van der Waals surface area (Å²) in [7, 11) is 0. The second kappa shape index (κ2) is 7.90. The Labute approximate surface area is 150 Å².